The first-order chi connectivity index (χ1) is 11.6. The van der Waals surface area contributed by atoms with Crippen LogP contribution in [0, 0.1) is 5.92 Å². The topological polar surface area (TPSA) is 60.4 Å². The summed E-state index contributed by atoms with van der Waals surface area (Å²) in [6.07, 6.45) is 6.67. The molecule has 4 nitrogen and oxygen atoms in total. The SMILES string of the molecule is CC(C)=CCC(=O)C(C)CCC[C@]1(C)OC/C(=C/C(=O)Cl)CCC1=O. The van der Waals surface area contributed by atoms with Gasteiger partial charge in [-0.15, -0.1) is 0 Å². The van der Waals surface area contributed by atoms with E-state index in [9.17, 15) is 14.4 Å². The molecule has 1 aliphatic heterocycles. The number of carbonyl (C=O) groups is 3. The quantitative estimate of drug-likeness (QED) is 0.358. The lowest BCUT2D eigenvalue weighted by Crippen LogP contribution is -2.37. The van der Waals surface area contributed by atoms with Crippen LogP contribution in [0.15, 0.2) is 23.3 Å². The molecular formula is C20H29ClO4. The second-order valence-electron chi connectivity index (χ2n) is 7.29. The van der Waals surface area contributed by atoms with E-state index >= 15 is 0 Å². The Morgan fingerprint density at radius 1 is 1.32 bits per heavy atom. The Bertz CT molecular complexity index is 572. The van der Waals surface area contributed by atoms with E-state index in [1.807, 2.05) is 26.8 Å². The molecule has 1 rings (SSSR count). The number of hydrogen-bond donors (Lipinski definition) is 0. The van der Waals surface area contributed by atoms with Crippen LogP contribution in [0.4, 0.5) is 0 Å². The first-order valence-electron chi connectivity index (χ1n) is 8.86. The molecule has 1 saturated heterocycles. The molecule has 0 spiro atoms. The van der Waals surface area contributed by atoms with Gasteiger partial charge >= 0.3 is 0 Å². The minimum Gasteiger partial charge on any atom is -0.363 e. The van der Waals surface area contributed by atoms with Gasteiger partial charge in [-0.05, 0) is 69.7 Å². The minimum absolute atomic E-state index is 0.0237. The summed E-state index contributed by atoms with van der Waals surface area (Å²) in [5, 5.41) is -0.543. The van der Waals surface area contributed by atoms with Gasteiger partial charge in [-0.3, -0.25) is 14.4 Å². The van der Waals surface area contributed by atoms with E-state index in [2.05, 4.69) is 0 Å². The summed E-state index contributed by atoms with van der Waals surface area (Å²) in [7, 11) is 0. The molecule has 1 fully saturated rings. The smallest absolute Gasteiger partial charge is 0.245 e. The van der Waals surface area contributed by atoms with Crippen molar-refractivity contribution in [2.24, 2.45) is 5.92 Å². The van der Waals surface area contributed by atoms with Gasteiger partial charge < -0.3 is 4.74 Å². The summed E-state index contributed by atoms with van der Waals surface area (Å²) < 4.78 is 5.81. The van der Waals surface area contributed by atoms with Crippen molar-refractivity contribution in [1.82, 2.24) is 0 Å². The molecule has 0 aromatic carbocycles. The Balaban J connectivity index is 2.54. The minimum atomic E-state index is -0.854. The third-order valence-electron chi connectivity index (χ3n) is 4.71. The van der Waals surface area contributed by atoms with Gasteiger partial charge in [0.1, 0.15) is 11.4 Å². The van der Waals surface area contributed by atoms with Gasteiger partial charge in [-0.25, -0.2) is 0 Å². The first-order valence-corrected chi connectivity index (χ1v) is 9.24. The summed E-state index contributed by atoms with van der Waals surface area (Å²) >= 11 is 5.37. The summed E-state index contributed by atoms with van der Waals surface area (Å²) in [5.41, 5.74) is 1.04. The molecule has 0 aromatic heterocycles. The summed E-state index contributed by atoms with van der Waals surface area (Å²) in [5.74, 6) is 0.246. The largest absolute Gasteiger partial charge is 0.363 e. The van der Waals surface area contributed by atoms with Crippen LogP contribution in [0.3, 0.4) is 0 Å². The maximum Gasteiger partial charge on any atom is 0.245 e. The molecule has 0 bridgehead atoms. The van der Waals surface area contributed by atoms with Crippen LogP contribution in [0.5, 0.6) is 0 Å². The van der Waals surface area contributed by atoms with Crippen LogP contribution in [0.25, 0.3) is 0 Å². The van der Waals surface area contributed by atoms with Gasteiger partial charge in [-0.2, -0.15) is 0 Å². The Morgan fingerprint density at radius 2 is 2.00 bits per heavy atom. The predicted molar refractivity (Wildman–Crippen MR) is 99.6 cm³/mol. The molecule has 0 saturated carbocycles. The monoisotopic (exact) mass is 368 g/mol. The molecule has 5 heteroatoms. The average Bonchev–Trinajstić information content (AvgIpc) is 2.66. The van der Waals surface area contributed by atoms with Gasteiger partial charge in [0.15, 0.2) is 5.78 Å². The second-order valence-corrected chi connectivity index (χ2v) is 7.67. The lowest BCUT2D eigenvalue weighted by Gasteiger charge is -2.27. The molecule has 25 heavy (non-hydrogen) atoms. The lowest BCUT2D eigenvalue weighted by atomic mass is 9.88. The molecule has 0 aliphatic carbocycles. The van der Waals surface area contributed by atoms with Crippen molar-refractivity contribution in [3.8, 4) is 0 Å². The number of hydrogen-bond acceptors (Lipinski definition) is 4. The van der Waals surface area contributed by atoms with Gasteiger partial charge in [0.25, 0.3) is 0 Å². The van der Waals surface area contributed by atoms with E-state index in [1.54, 1.807) is 6.92 Å². The molecule has 140 valence electrons. The number of Topliss-reactive ketones (excluding diaryl/α,β-unsaturated/α-hetero) is 2. The maximum absolute atomic E-state index is 12.4. The Labute approximate surface area is 155 Å². The molecular weight excluding hydrogens is 340 g/mol. The second kappa shape index (κ2) is 10.0. The van der Waals surface area contributed by atoms with Crippen LogP contribution >= 0.6 is 11.6 Å². The standard InChI is InChI=1S/C20H29ClO4/c1-14(2)7-9-17(22)15(3)6-5-11-20(4)18(23)10-8-16(13-25-20)12-19(21)24/h7,12,15H,5-6,8-11,13H2,1-4H3/b16-12+/t15?,20-/m0/s1. The van der Waals surface area contributed by atoms with Crippen LogP contribution < -0.4 is 0 Å². The Morgan fingerprint density at radius 3 is 2.60 bits per heavy atom. The highest BCUT2D eigenvalue weighted by Crippen LogP contribution is 2.29. The lowest BCUT2D eigenvalue weighted by molar-refractivity contribution is -0.140. The zero-order valence-corrected chi connectivity index (χ0v) is 16.4. The van der Waals surface area contributed by atoms with Gasteiger partial charge in [0, 0.05) is 18.8 Å². The molecule has 2 atom stereocenters. The summed E-state index contributed by atoms with van der Waals surface area (Å²) in [6.45, 7) is 7.95. The van der Waals surface area contributed by atoms with Crippen molar-refractivity contribution in [2.75, 3.05) is 6.61 Å². The molecule has 1 unspecified atom stereocenters. The Kier molecular flexibility index (Phi) is 8.74. The maximum atomic E-state index is 12.4. The van der Waals surface area contributed by atoms with Crippen LogP contribution in [0.2, 0.25) is 0 Å². The third-order valence-corrected chi connectivity index (χ3v) is 4.82. The highest BCUT2D eigenvalue weighted by atomic mass is 35.5. The fourth-order valence-corrected chi connectivity index (χ4v) is 3.00. The predicted octanol–water partition coefficient (Wildman–Crippen LogP) is 4.55. The van der Waals surface area contributed by atoms with Crippen molar-refractivity contribution >= 4 is 28.4 Å². The Hall–Kier alpha value is -1.26. The third kappa shape index (κ3) is 7.66. The number of allylic oxidation sites excluding steroid dienone is 3. The van der Waals surface area contributed by atoms with E-state index < -0.39 is 10.8 Å². The zero-order chi connectivity index (χ0) is 19.0. The summed E-state index contributed by atoms with van der Waals surface area (Å²) in [6, 6.07) is 0. The fraction of sp³-hybridized carbons (Fsp3) is 0.650. The first kappa shape index (κ1) is 21.8. The fourth-order valence-electron chi connectivity index (χ4n) is 2.84. The van der Waals surface area contributed by atoms with E-state index in [-0.39, 0.29) is 24.1 Å². The molecule has 0 aromatic rings. The van der Waals surface area contributed by atoms with E-state index in [0.29, 0.717) is 25.7 Å². The van der Waals surface area contributed by atoms with Gasteiger partial charge in [0.2, 0.25) is 5.24 Å². The number of carbonyl (C=O) groups excluding carboxylic acids is 3. The molecule has 0 N–H and O–H groups in total. The van der Waals surface area contributed by atoms with Gasteiger partial charge in [-0.1, -0.05) is 18.6 Å². The van der Waals surface area contributed by atoms with Crippen LogP contribution in [0.1, 0.15) is 66.2 Å². The molecule has 1 heterocycles. The zero-order valence-electron chi connectivity index (χ0n) is 15.7. The van der Waals surface area contributed by atoms with Crippen molar-refractivity contribution in [3.05, 3.63) is 23.3 Å². The van der Waals surface area contributed by atoms with Crippen molar-refractivity contribution < 1.29 is 19.1 Å². The van der Waals surface area contributed by atoms with E-state index in [4.69, 9.17) is 16.3 Å². The van der Waals surface area contributed by atoms with E-state index in [0.717, 1.165) is 24.0 Å². The van der Waals surface area contributed by atoms with Crippen LogP contribution in [-0.2, 0) is 19.1 Å². The van der Waals surface area contributed by atoms with Crippen molar-refractivity contribution in [1.29, 1.82) is 0 Å². The number of rotatable bonds is 8. The van der Waals surface area contributed by atoms with Gasteiger partial charge in [0.05, 0.1) is 6.61 Å². The van der Waals surface area contributed by atoms with Crippen molar-refractivity contribution in [3.63, 3.8) is 0 Å². The highest BCUT2D eigenvalue weighted by Gasteiger charge is 2.35. The number of ether oxygens (including phenoxy) is 1. The van der Waals surface area contributed by atoms with Crippen LogP contribution in [-0.4, -0.2) is 29.0 Å². The number of halogens is 1. The molecule has 0 radical (unpaired) electrons. The van der Waals surface area contributed by atoms with Crippen molar-refractivity contribution in [2.45, 2.75) is 71.8 Å². The normalized spacial score (nSPS) is 23.9. The summed E-state index contributed by atoms with van der Waals surface area (Å²) in [4.78, 5) is 35.5. The molecule has 1 aliphatic rings. The average molecular weight is 369 g/mol. The number of ketones is 2. The molecule has 0 amide bonds. The van der Waals surface area contributed by atoms with E-state index in [1.165, 1.54) is 6.08 Å². The highest BCUT2D eigenvalue weighted by molar-refractivity contribution is 6.66.